The highest BCUT2D eigenvalue weighted by Gasteiger charge is 2.16. The zero-order valence-corrected chi connectivity index (χ0v) is 10.9. The fourth-order valence-electron chi connectivity index (χ4n) is 2.42. The molecule has 0 unspecified atom stereocenters. The molecular formula is C15H24N2. The normalized spacial score (nSPS) is 15.1. The molecule has 0 amide bonds. The zero-order chi connectivity index (χ0) is 11.9. The lowest BCUT2D eigenvalue weighted by Gasteiger charge is -2.14. The molecular weight excluding hydrogens is 208 g/mol. The Morgan fingerprint density at radius 1 is 1.06 bits per heavy atom. The fourth-order valence-corrected chi connectivity index (χ4v) is 2.42. The fraction of sp³-hybridized carbons (Fsp3) is 0.600. The van der Waals surface area contributed by atoms with Gasteiger partial charge >= 0.3 is 0 Å². The Hall–Kier alpha value is -0.860. The van der Waals surface area contributed by atoms with Crippen LogP contribution in [0.3, 0.4) is 0 Å². The van der Waals surface area contributed by atoms with Crippen molar-refractivity contribution in [1.29, 1.82) is 0 Å². The third-order valence-corrected chi connectivity index (χ3v) is 3.47. The number of unbranched alkanes of at least 4 members (excludes halogenated alkanes) is 2. The quantitative estimate of drug-likeness (QED) is 0.727. The van der Waals surface area contributed by atoms with Gasteiger partial charge in [0.25, 0.3) is 0 Å². The summed E-state index contributed by atoms with van der Waals surface area (Å²) in [7, 11) is 0. The van der Waals surface area contributed by atoms with E-state index in [1.165, 1.54) is 43.5 Å². The first-order valence-electron chi connectivity index (χ1n) is 6.90. The molecule has 0 atom stereocenters. The Morgan fingerprint density at radius 3 is 2.41 bits per heavy atom. The van der Waals surface area contributed by atoms with Crippen LogP contribution in [-0.2, 0) is 13.1 Å². The first-order valence-corrected chi connectivity index (χ1v) is 6.90. The van der Waals surface area contributed by atoms with Crippen LogP contribution in [0.5, 0.6) is 0 Å². The van der Waals surface area contributed by atoms with Crippen LogP contribution in [0.4, 0.5) is 0 Å². The van der Waals surface area contributed by atoms with Crippen molar-refractivity contribution in [3.8, 4) is 0 Å². The minimum Gasteiger partial charge on any atom is -0.315 e. The monoisotopic (exact) mass is 232 g/mol. The molecule has 0 aliphatic carbocycles. The third kappa shape index (κ3) is 3.83. The Kier molecular flexibility index (Phi) is 5.02. The predicted molar refractivity (Wildman–Crippen MR) is 73.0 cm³/mol. The number of hydrogen-bond acceptors (Lipinski definition) is 2. The molecule has 1 heterocycles. The second-order valence-corrected chi connectivity index (χ2v) is 4.94. The van der Waals surface area contributed by atoms with Crippen molar-refractivity contribution < 1.29 is 0 Å². The Balaban J connectivity index is 1.60. The van der Waals surface area contributed by atoms with Crippen molar-refractivity contribution >= 4 is 0 Å². The van der Waals surface area contributed by atoms with Crippen molar-refractivity contribution in [2.24, 2.45) is 0 Å². The number of rotatable bonds is 7. The molecule has 0 aromatic heterocycles. The Labute approximate surface area is 105 Å². The van der Waals surface area contributed by atoms with E-state index in [0.29, 0.717) is 0 Å². The van der Waals surface area contributed by atoms with E-state index in [9.17, 15) is 0 Å². The van der Waals surface area contributed by atoms with Crippen molar-refractivity contribution in [2.45, 2.75) is 39.3 Å². The molecule has 0 saturated heterocycles. The number of nitrogens with one attached hydrogen (secondary N) is 1. The summed E-state index contributed by atoms with van der Waals surface area (Å²) >= 11 is 0. The molecule has 0 saturated carbocycles. The van der Waals surface area contributed by atoms with Gasteiger partial charge < -0.3 is 5.32 Å². The summed E-state index contributed by atoms with van der Waals surface area (Å²) in [5.74, 6) is 0. The lowest BCUT2D eigenvalue weighted by molar-refractivity contribution is 0.283. The first-order chi connectivity index (χ1) is 8.40. The van der Waals surface area contributed by atoms with Crippen LogP contribution in [0.25, 0.3) is 0 Å². The van der Waals surface area contributed by atoms with E-state index >= 15 is 0 Å². The molecule has 0 radical (unpaired) electrons. The van der Waals surface area contributed by atoms with Gasteiger partial charge in [-0.3, -0.25) is 4.90 Å². The van der Waals surface area contributed by atoms with E-state index < -0.39 is 0 Å². The minimum atomic E-state index is 1.12. The van der Waals surface area contributed by atoms with Gasteiger partial charge in [-0.05, 0) is 24.1 Å². The van der Waals surface area contributed by atoms with Crippen LogP contribution in [0.15, 0.2) is 24.3 Å². The summed E-state index contributed by atoms with van der Waals surface area (Å²) in [5, 5.41) is 3.53. The van der Waals surface area contributed by atoms with E-state index in [-0.39, 0.29) is 0 Å². The molecule has 94 valence electrons. The van der Waals surface area contributed by atoms with Gasteiger partial charge in [0, 0.05) is 26.2 Å². The van der Waals surface area contributed by atoms with Crippen LogP contribution < -0.4 is 5.32 Å². The maximum Gasteiger partial charge on any atom is 0.0241 e. The molecule has 2 heteroatoms. The summed E-state index contributed by atoms with van der Waals surface area (Å²) < 4.78 is 0. The molecule has 0 bridgehead atoms. The van der Waals surface area contributed by atoms with Crippen LogP contribution in [-0.4, -0.2) is 24.5 Å². The van der Waals surface area contributed by atoms with Crippen LogP contribution in [0, 0.1) is 0 Å². The Morgan fingerprint density at radius 2 is 1.76 bits per heavy atom. The Bertz CT molecular complexity index is 310. The highest BCUT2D eigenvalue weighted by molar-refractivity contribution is 5.30. The average Bonchev–Trinajstić information content (AvgIpc) is 2.76. The highest BCUT2D eigenvalue weighted by Crippen LogP contribution is 2.21. The number of hydrogen-bond donors (Lipinski definition) is 1. The standard InChI is InChI=1S/C15H24N2/c1-2-3-6-9-16-10-11-17-12-14-7-4-5-8-15(14)13-17/h4-5,7-8,16H,2-3,6,9-13H2,1H3. The van der Waals surface area contributed by atoms with E-state index in [1.807, 2.05) is 0 Å². The summed E-state index contributed by atoms with van der Waals surface area (Å²) in [6, 6.07) is 8.80. The van der Waals surface area contributed by atoms with Crippen molar-refractivity contribution in [1.82, 2.24) is 10.2 Å². The van der Waals surface area contributed by atoms with Crippen molar-refractivity contribution in [2.75, 3.05) is 19.6 Å². The van der Waals surface area contributed by atoms with Crippen LogP contribution in [0.2, 0.25) is 0 Å². The molecule has 2 rings (SSSR count). The zero-order valence-electron chi connectivity index (χ0n) is 10.9. The number of fused-ring (bicyclic) bond motifs is 1. The van der Waals surface area contributed by atoms with Gasteiger partial charge in [-0.2, -0.15) is 0 Å². The van der Waals surface area contributed by atoms with E-state index in [1.54, 1.807) is 0 Å². The van der Waals surface area contributed by atoms with E-state index in [4.69, 9.17) is 0 Å². The molecule has 1 aliphatic rings. The average molecular weight is 232 g/mol. The van der Waals surface area contributed by atoms with Gasteiger partial charge in [0.15, 0.2) is 0 Å². The highest BCUT2D eigenvalue weighted by atomic mass is 15.1. The summed E-state index contributed by atoms with van der Waals surface area (Å²) in [6.07, 6.45) is 3.97. The maximum atomic E-state index is 3.53. The number of nitrogens with zero attached hydrogens (tertiary/aromatic N) is 1. The first kappa shape index (κ1) is 12.6. The molecule has 17 heavy (non-hydrogen) atoms. The second kappa shape index (κ2) is 6.77. The number of benzene rings is 1. The largest absolute Gasteiger partial charge is 0.315 e. The maximum absolute atomic E-state index is 3.53. The summed E-state index contributed by atoms with van der Waals surface area (Å²) in [6.45, 7) is 7.98. The third-order valence-electron chi connectivity index (χ3n) is 3.47. The van der Waals surface area contributed by atoms with Gasteiger partial charge in [0.1, 0.15) is 0 Å². The SMILES string of the molecule is CCCCCNCCN1Cc2ccccc2C1. The van der Waals surface area contributed by atoms with Crippen LogP contribution >= 0.6 is 0 Å². The van der Waals surface area contributed by atoms with Crippen molar-refractivity contribution in [3.05, 3.63) is 35.4 Å². The molecule has 2 nitrogen and oxygen atoms in total. The molecule has 0 fully saturated rings. The second-order valence-electron chi connectivity index (χ2n) is 4.94. The van der Waals surface area contributed by atoms with Gasteiger partial charge in [0.2, 0.25) is 0 Å². The predicted octanol–water partition coefficient (Wildman–Crippen LogP) is 2.78. The van der Waals surface area contributed by atoms with Gasteiger partial charge in [-0.15, -0.1) is 0 Å². The van der Waals surface area contributed by atoms with Crippen molar-refractivity contribution in [3.63, 3.8) is 0 Å². The van der Waals surface area contributed by atoms with Crippen LogP contribution in [0.1, 0.15) is 37.3 Å². The van der Waals surface area contributed by atoms with Gasteiger partial charge in [-0.25, -0.2) is 0 Å². The lowest BCUT2D eigenvalue weighted by atomic mass is 10.1. The molecule has 1 aliphatic heterocycles. The topological polar surface area (TPSA) is 15.3 Å². The molecule has 1 N–H and O–H groups in total. The van der Waals surface area contributed by atoms with Gasteiger partial charge in [0.05, 0.1) is 0 Å². The smallest absolute Gasteiger partial charge is 0.0241 e. The molecule has 1 aromatic rings. The van der Waals surface area contributed by atoms with E-state index in [2.05, 4.69) is 41.4 Å². The lowest BCUT2D eigenvalue weighted by Crippen LogP contribution is -2.29. The molecule has 1 aromatic carbocycles. The summed E-state index contributed by atoms with van der Waals surface area (Å²) in [4.78, 5) is 2.53. The minimum absolute atomic E-state index is 1.12. The van der Waals surface area contributed by atoms with Gasteiger partial charge in [-0.1, -0.05) is 44.0 Å². The molecule has 0 spiro atoms. The summed E-state index contributed by atoms with van der Waals surface area (Å²) in [5.41, 5.74) is 3.02. The van der Waals surface area contributed by atoms with E-state index in [0.717, 1.165) is 19.6 Å².